The van der Waals surface area contributed by atoms with E-state index < -0.39 is 11.9 Å². The minimum Gasteiger partial charge on any atom is -0.559 e. The predicted molar refractivity (Wildman–Crippen MR) is 67.7 cm³/mol. The fraction of sp³-hybridized carbons (Fsp3) is 0. The van der Waals surface area contributed by atoms with E-state index in [0.29, 0.717) is 5.56 Å². The maximum Gasteiger partial charge on any atom is 2.00 e. The molecule has 1 radical (unpaired) electrons. The van der Waals surface area contributed by atoms with E-state index in [0.717, 1.165) is 0 Å². The Morgan fingerprint density at radius 2 is 1.29 bits per heavy atom. The molecular weight excluding hydrogens is 324 g/mol. The van der Waals surface area contributed by atoms with Gasteiger partial charge in [0.1, 0.15) is 5.75 Å². The van der Waals surface area contributed by atoms with E-state index in [1.165, 1.54) is 24.3 Å². The second-order valence-electron chi connectivity index (χ2n) is 3.75. The molecule has 0 bridgehead atoms. The van der Waals surface area contributed by atoms with Crippen molar-refractivity contribution in [1.29, 1.82) is 0 Å². The largest absolute Gasteiger partial charge is 2.00 e. The molecule has 0 saturated carbocycles. The molecule has 6 heteroatoms. The number of phenols is 1. The van der Waals surface area contributed by atoms with Gasteiger partial charge in [-0.15, -0.1) is 17.7 Å². The van der Waals surface area contributed by atoms with E-state index in [9.17, 15) is 19.8 Å². The van der Waals surface area contributed by atoms with Crippen LogP contribution >= 0.6 is 0 Å². The third kappa shape index (κ3) is 5.60. The van der Waals surface area contributed by atoms with Gasteiger partial charge in [0.15, 0.2) is 0 Å². The topological polar surface area (TPSA) is 100 Å². The summed E-state index contributed by atoms with van der Waals surface area (Å²) in [6, 6.07) is 12.1. The van der Waals surface area contributed by atoms with Gasteiger partial charge >= 0.3 is 17.1 Å². The van der Waals surface area contributed by atoms with Crippen LogP contribution in [0, 0.1) is 6.92 Å². The van der Waals surface area contributed by atoms with Crippen LogP contribution in [0.2, 0.25) is 0 Å². The molecule has 0 aromatic heterocycles. The van der Waals surface area contributed by atoms with E-state index >= 15 is 0 Å². The van der Waals surface area contributed by atoms with Crippen molar-refractivity contribution in [2.45, 2.75) is 0 Å². The molecule has 0 atom stereocenters. The number of carbonyl (C=O) groups is 2. The summed E-state index contributed by atoms with van der Waals surface area (Å²) in [5.41, 5.74) is 0.465. The molecule has 0 saturated heterocycles. The monoisotopic (exact) mass is 334 g/mol. The van der Waals surface area contributed by atoms with Crippen molar-refractivity contribution < 1.29 is 42.0 Å². The number of para-hydroxylation sites is 1. The summed E-state index contributed by atoms with van der Waals surface area (Å²) < 4.78 is 0. The number of rotatable bonds is 2. The standard InChI is InChI=1S/C8H7O2.C7H6O3.Cu/c1-6-4-2-3-5-7(6)8(9)10;8-6-4-2-1-3-5(6)7(9)10;/h2-5H,1H2,(H,9,10);1-4,8H,(H,9,10);/q-1;;+2/p-2. The molecular formula is C15H11CuO5-. The molecule has 0 aliphatic carbocycles. The van der Waals surface area contributed by atoms with Gasteiger partial charge in [0.05, 0.1) is 5.97 Å². The third-order valence-electron chi connectivity index (χ3n) is 2.36. The summed E-state index contributed by atoms with van der Waals surface area (Å²) in [5.74, 6) is -2.80. The van der Waals surface area contributed by atoms with Crippen molar-refractivity contribution in [3.05, 3.63) is 72.1 Å². The molecule has 0 spiro atoms. The summed E-state index contributed by atoms with van der Waals surface area (Å²) in [6.45, 7) is 3.52. The number of carboxylic acids is 2. The summed E-state index contributed by atoms with van der Waals surface area (Å²) in [6.07, 6.45) is 0. The summed E-state index contributed by atoms with van der Waals surface area (Å²) in [4.78, 5) is 20.4. The van der Waals surface area contributed by atoms with E-state index in [2.05, 4.69) is 6.92 Å². The zero-order chi connectivity index (χ0) is 15.1. The van der Waals surface area contributed by atoms with Crippen LogP contribution in [-0.4, -0.2) is 17.0 Å². The Bertz CT molecular complexity index is 569. The predicted octanol–water partition coefficient (Wildman–Crippen LogP) is -0.0145. The molecule has 2 aromatic carbocycles. The van der Waals surface area contributed by atoms with Crippen molar-refractivity contribution in [2.24, 2.45) is 0 Å². The van der Waals surface area contributed by atoms with Crippen LogP contribution in [0.4, 0.5) is 0 Å². The first-order chi connectivity index (χ1) is 9.43. The molecule has 0 unspecified atom stereocenters. The molecule has 1 N–H and O–H groups in total. The van der Waals surface area contributed by atoms with Crippen LogP contribution < -0.4 is 10.2 Å². The van der Waals surface area contributed by atoms with E-state index in [1.54, 1.807) is 24.3 Å². The Morgan fingerprint density at radius 3 is 1.62 bits per heavy atom. The Balaban J connectivity index is 0.000000364. The third-order valence-corrected chi connectivity index (χ3v) is 2.36. The van der Waals surface area contributed by atoms with Gasteiger partial charge in [0.2, 0.25) is 0 Å². The minimum absolute atomic E-state index is 0. The number of carbonyl (C=O) groups excluding carboxylic acids is 2. The smallest absolute Gasteiger partial charge is 0.559 e. The molecule has 113 valence electrons. The van der Waals surface area contributed by atoms with Gasteiger partial charge in [-0.05, 0) is 12.1 Å². The Kier molecular flexibility index (Phi) is 7.68. The van der Waals surface area contributed by atoms with Crippen molar-refractivity contribution in [3.8, 4) is 5.75 Å². The van der Waals surface area contributed by atoms with Crippen LogP contribution in [0.1, 0.15) is 26.3 Å². The number of hydrogen-bond donors (Lipinski definition) is 1. The second kappa shape index (κ2) is 8.68. The molecule has 0 amide bonds. The van der Waals surface area contributed by atoms with Crippen molar-refractivity contribution >= 4 is 11.9 Å². The van der Waals surface area contributed by atoms with E-state index in [4.69, 9.17) is 5.11 Å². The van der Waals surface area contributed by atoms with Crippen LogP contribution in [0.3, 0.4) is 0 Å². The van der Waals surface area contributed by atoms with Crippen LogP contribution in [-0.2, 0) is 17.1 Å². The first-order valence-corrected chi connectivity index (χ1v) is 5.55. The van der Waals surface area contributed by atoms with Gasteiger partial charge in [-0.3, -0.25) is 0 Å². The molecule has 0 heterocycles. The molecule has 5 nitrogen and oxygen atoms in total. The summed E-state index contributed by atoms with van der Waals surface area (Å²) >= 11 is 0. The Labute approximate surface area is 132 Å². The SMILES string of the molecule is O=C([O-])c1ccccc1O.[CH2-]c1ccccc1C(=O)[O-].[Cu+2]. The number of aromatic carboxylic acids is 2. The van der Waals surface area contributed by atoms with Gasteiger partial charge in [-0.1, -0.05) is 18.2 Å². The Morgan fingerprint density at radius 1 is 0.857 bits per heavy atom. The average Bonchev–Trinajstić information content (AvgIpc) is 2.40. The van der Waals surface area contributed by atoms with E-state index in [1.807, 2.05) is 0 Å². The first-order valence-electron chi connectivity index (χ1n) is 5.55. The van der Waals surface area contributed by atoms with Crippen LogP contribution in [0.5, 0.6) is 5.75 Å². The number of hydrogen-bond acceptors (Lipinski definition) is 5. The zero-order valence-corrected chi connectivity index (χ0v) is 11.6. The first kappa shape index (κ1) is 18.6. The fourth-order valence-corrected chi connectivity index (χ4v) is 1.37. The van der Waals surface area contributed by atoms with E-state index in [-0.39, 0.29) is 33.9 Å². The average molecular weight is 335 g/mol. The maximum atomic E-state index is 10.3. The molecule has 21 heavy (non-hydrogen) atoms. The zero-order valence-electron chi connectivity index (χ0n) is 10.7. The minimum atomic E-state index is -1.36. The molecule has 0 fully saturated rings. The molecule has 0 aliphatic rings. The maximum absolute atomic E-state index is 10.3. The van der Waals surface area contributed by atoms with Gasteiger partial charge in [-0.2, -0.15) is 18.6 Å². The quantitative estimate of drug-likeness (QED) is 0.614. The molecule has 0 aliphatic heterocycles. The second-order valence-corrected chi connectivity index (χ2v) is 3.75. The van der Waals surface area contributed by atoms with Crippen LogP contribution in [0.25, 0.3) is 0 Å². The fourth-order valence-electron chi connectivity index (χ4n) is 1.37. The van der Waals surface area contributed by atoms with Gasteiger partial charge in [0.25, 0.3) is 0 Å². The van der Waals surface area contributed by atoms with Crippen molar-refractivity contribution in [2.75, 3.05) is 0 Å². The normalized spacial score (nSPS) is 8.76. The van der Waals surface area contributed by atoms with Gasteiger partial charge < -0.3 is 24.9 Å². The summed E-state index contributed by atoms with van der Waals surface area (Å²) in [7, 11) is 0. The van der Waals surface area contributed by atoms with Crippen molar-refractivity contribution in [1.82, 2.24) is 0 Å². The van der Waals surface area contributed by atoms with Gasteiger partial charge in [-0.25, -0.2) is 0 Å². The summed E-state index contributed by atoms with van der Waals surface area (Å²) in [5, 5.41) is 29.3. The number of carboxylic acid groups (broad SMARTS) is 2. The number of aromatic hydroxyl groups is 1. The number of benzene rings is 2. The Hall–Kier alpha value is -2.43. The van der Waals surface area contributed by atoms with Crippen molar-refractivity contribution in [3.63, 3.8) is 0 Å². The molecule has 2 aromatic rings. The van der Waals surface area contributed by atoms with Gasteiger partial charge in [0, 0.05) is 11.5 Å². The molecule has 2 rings (SSSR count). The van der Waals surface area contributed by atoms with Crippen LogP contribution in [0.15, 0.2) is 48.5 Å².